The summed E-state index contributed by atoms with van der Waals surface area (Å²) in [6, 6.07) is 3.02. The van der Waals surface area contributed by atoms with Crippen molar-refractivity contribution >= 4 is 41.6 Å². The first kappa shape index (κ1) is 16.8. The van der Waals surface area contributed by atoms with Crippen molar-refractivity contribution in [2.45, 2.75) is 31.6 Å². The fourth-order valence-corrected chi connectivity index (χ4v) is 4.40. The van der Waals surface area contributed by atoms with Crippen LogP contribution in [0.3, 0.4) is 0 Å². The van der Waals surface area contributed by atoms with Gasteiger partial charge in [-0.1, -0.05) is 22.9 Å². The van der Waals surface area contributed by atoms with E-state index in [0.717, 1.165) is 12.8 Å². The minimum atomic E-state index is -3.88. The fraction of sp³-hybridized carbons (Fsp3) is 0.500. The summed E-state index contributed by atoms with van der Waals surface area (Å²) in [5.74, 6) is 0.316. The highest BCUT2D eigenvalue weighted by Crippen LogP contribution is 2.29. The van der Waals surface area contributed by atoms with E-state index in [2.05, 4.69) is 22.9 Å². The van der Waals surface area contributed by atoms with Gasteiger partial charge < -0.3 is 4.90 Å². The van der Waals surface area contributed by atoms with Crippen LogP contribution in [0, 0.1) is 12.8 Å². The molecule has 0 aliphatic carbocycles. The molecule has 0 radical (unpaired) electrons. The van der Waals surface area contributed by atoms with E-state index in [9.17, 15) is 13.2 Å². The number of likely N-dealkylation sites (tertiary alicyclic amines) is 1. The van der Waals surface area contributed by atoms with Crippen LogP contribution in [0.15, 0.2) is 21.5 Å². The highest BCUT2D eigenvalue weighted by atomic mass is 79.9. The number of rotatable bonds is 2. The third-order valence-corrected chi connectivity index (χ3v) is 6.02. The first-order valence-electron chi connectivity index (χ1n) is 6.74. The molecule has 4 nitrogen and oxygen atoms in total. The molecule has 0 saturated carbocycles. The summed E-state index contributed by atoms with van der Waals surface area (Å²) in [6.45, 7) is 5.17. The van der Waals surface area contributed by atoms with E-state index in [1.165, 1.54) is 6.07 Å². The Morgan fingerprint density at radius 3 is 2.67 bits per heavy atom. The van der Waals surface area contributed by atoms with E-state index in [1.807, 2.05) is 0 Å². The standard InChI is InChI=1S/C14H17BrClNO3S/c1-9-4-3-5-17(8-9)14(18)11-6-12(15)10(2)13(7-11)21(16,19)20/h6-7,9H,3-5,8H2,1-2H3. The van der Waals surface area contributed by atoms with Crippen LogP contribution >= 0.6 is 26.6 Å². The number of carbonyl (C=O) groups excluding carboxylic acids is 1. The van der Waals surface area contributed by atoms with Crippen molar-refractivity contribution in [1.29, 1.82) is 0 Å². The molecule has 1 aliphatic rings. The second-order valence-corrected chi connectivity index (χ2v) is 8.91. The maximum atomic E-state index is 12.6. The van der Waals surface area contributed by atoms with Gasteiger partial charge in [-0.15, -0.1) is 0 Å². The van der Waals surface area contributed by atoms with Gasteiger partial charge in [-0.05, 0) is 43.4 Å². The first-order chi connectivity index (χ1) is 9.70. The summed E-state index contributed by atoms with van der Waals surface area (Å²) in [6.07, 6.45) is 2.09. The van der Waals surface area contributed by atoms with Crippen LogP contribution < -0.4 is 0 Å². The molecule has 0 spiro atoms. The Labute approximate surface area is 138 Å². The molecule has 0 aromatic heterocycles. The van der Waals surface area contributed by atoms with Crippen molar-refractivity contribution in [3.05, 3.63) is 27.7 Å². The lowest BCUT2D eigenvalue weighted by Crippen LogP contribution is -2.39. The van der Waals surface area contributed by atoms with Crippen molar-refractivity contribution in [3.8, 4) is 0 Å². The zero-order valence-corrected chi connectivity index (χ0v) is 15.1. The molecule has 1 unspecified atom stereocenters. The average molecular weight is 395 g/mol. The number of piperidine rings is 1. The van der Waals surface area contributed by atoms with Gasteiger partial charge in [0.05, 0.1) is 4.90 Å². The second kappa shape index (κ2) is 6.26. The highest BCUT2D eigenvalue weighted by molar-refractivity contribution is 9.10. The maximum absolute atomic E-state index is 12.6. The number of halogens is 2. The lowest BCUT2D eigenvalue weighted by atomic mass is 9.99. The molecule has 1 aromatic rings. The van der Waals surface area contributed by atoms with Gasteiger partial charge in [-0.2, -0.15) is 0 Å². The predicted octanol–water partition coefficient (Wildman–Crippen LogP) is 3.56. The summed E-state index contributed by atoms with van der Waals surface area (Å²) < 4.78 is 23.8. The Balaban J connectivity index is 2.40. The summed E-state index contributed by atoms with van der Waals surface area (Å²) in [7, 11) is 1.57. The van der Waals surface area contributed by atoms with Gasteiger partial charge in [0.2, 0.25) is 0 Å². The van der Waals surface area contributed by atoms with E-state index in [-0.39, 0.29) is 10.8 Å². The van der Waals surface area contributed by atoms with Crippen LogP contribution in [-0.2, 0) is 9.05 Å². The molecule has 0 N–H and O–H groups in total. The van der Waals surface area contributed by atoms with Gasteiger partial charge in [-0.25, -0.2) is 8.42 Å². The number of amides is 1. The molecule has 1 heterocycles. The lowest BCUT2D eigenvalue weighted by molar-refractivity contribution is 0.0682. The molecular formula is C14H17BrClNO3S. The van der Waals surface area contributed by atoms with Crippen molar-refractivity contribution < 1.29 is 13.2 Å². The van der Waals surface area contributed by atoms with E-state index < -0.39 is 9.05 Å². The lowest BCUT2D eigenvalue weighted by Gasteiger charge is -2.31. The smallest absolute Gasteiger partial charge is 0.261 e. The topological polar surface area (TPSA) is 54.5 Å². The molecule has 116 valence electrons. The number of nitrogens with zero attached hydrogens (tertiary/aromatic N) is 1. The van der Waals surface area contributed by atoms with Crippen LogP contribution in [0.4, 0.5) is 0 Å². The maximum Gasteiger partial charge on any atom is 0.261 e. The molecule has 1 fully saturated rings. The minimum Gasteiger partial charge on any atom is -0.338 e. The van der Waals surface area contributed by atoms with Crippen LogP contribution in [0.1, 0.15) is 35.7 Å². The third-order valence-electron chi connectivity index (χ3n) is 3.75. The predicted molar refractivity (Wildman–Crippen MR) is 86.2 cm³/mol. The average Bonchev–Trinajstić information content (AvgIpc) is 2.39. The van der Waals surface area contributed by atoms with Crippen molar-refractivity contribution in [2.75, 3.05) is 13.1 Å². The Morgan fingerprint density at radius 1 is 1.43 bits per heavy atom. The molecule has 7 heteroatoms. The molecule has 1 saturated heterocycles. The normalized spacial score (nSPS) is 19.6. The second-order valence-electron chi connectivity index (χ2n) is 5.52. The molecule has 0 bridgehead atoms. The van der Waals surface area contributed by atoms with Gasteiger partial charge in [0, 0.05) is 33.8 Å². The van der Waals surface area contributed by atoms with Gasteiger partial charge in [-0.3, -0.25) is 4.79 Å². The Morgan fingerprint density at radius 2 is 2.10 bits per heavy atom. The summed E-state index contributed by atoms with van der Waals surface area (Å²) in [5, 5.41) is 0. The Hall–Kier alpha value is -0.590. The SMILES string of the molecule is Cc1c(Br)cc(C(=O)N2CCCC(C)C2)cc1S(=O)(=O)Cl. The van der Waals surface area contributed by atoms with Gasteiger partial charge in [0.25, 0.3) is 15.0 Å². The monoisotopic (exact) mass is 393 g/mol. The van der Waals surface area contributed by atoms with E-state index in [4.69, 9.17) is 10.7 Å². The Bertz CT molecular complexity index is 675. The fourth-order valence-electron chi connectivity index (χ4n) is 2.59. The molecule has 1 aromatic carbocycles. The quantitative estimate of drug-likeness (QED) is 0.721. The molecule has 2 rings (SSSR count). The van der Waals surface area contributed by atoms with Crippen molar-refractivity contribution in [3.63, 3.8) is 0 Å². The summed E-state index contributed by atoms with van der Waals surface area (Å²) in [5.41, 5.74) is 0.856. The molecule has 1 aliphatic heterocycles. The van der Waals surface area contributed by atoms with Crippen LogP contribution in [0.25, 0.3) is 0 Å². The number of benzene rings is 1. The Kier molecular flexibility index (Phi) is 5.00. The minimum absolute atomic E-state index is 0.0213. The van der Waals surface area contributed by atoms with Crippen molar-refractivity contribution in [2.24, 2.45) is 5.92 Å². The van der Waals surface area contributed by atoms with Gasteiger partial charge >= 0.3 is 0 Å². The highest BCUT2D eigenvalue weighted by Gasteiger charge is 2.25. The third kappa shape index (κ3) is 3.79. The first-order valence-corrected chi connectivity index (χ1v) is 9.84. The summed E-state index contributed by atoms with van der Waals surface area (Å²) >= 11 is 3.30. The van der Waals surface area contributed by atoms with Gasteiger partial charge in [0.1, 0.15) is 0 Å². The van der Waals surface area contributed by atoms with Crippen LogP contribution in [0.5, 0.6) is 0 Å². The molecular weight excluding hydrogens is 378 g/mol. The largest absolute Gasteiger partial charge is 0.338 e. The zero-order valence-electron chi connectivity index (χ0n) is 11.9. The van der Waals surface area contributed by atoms with Crippen LogP contribution in [-0.4, -0.2) is 32.3 Å². The number of hydrogen-bond donors (Lipinski definition) is 0. The molecule has 21 heavy (non-hydrogen) atoms. The van der Waals surface area contributed by atoms with E-state index in [1.54, 1.807) is 17.9 Å². The van der Waals surface area contributed by atoms with E-state index >= 15 is 0 Å². The molecule has 1 atom stereocenters. The number of hydrogen-bond acceptors (Lipinski definition) is 3. The summed E-state index contributed by atoms with van der Waals surface area (Å²) in [4.78, 5) is 14.3. The zero-order chi connectivity index (χ0) is 15.8. The van der Waals surface area contributed by atoms with E-state index in [0.29, 0.717) is 34.6 Å². The molecule has 1 amide bonds. The number of carbonyl (C=O) groups is 1. The van der Waals surface area contributed by atoms with Crippen molar-refractivity contribution in [1.82, 2.24) is 4.90 Å². The van der Waals surface area contributed by atoms with Crippen LogP contribution in [0.2, 0.25) is 0 Å². The van der Waals surface area contributed by atoms with Gasteiger partial charge in [0.15, 0.2) is 0 Å².